The molecule has 4 nitrogen and oxygen atoms in total. The maximum absolute atomic E-state index is 4.50. The van der Waals surface area contributed by atoms with E-state index < -0.39 is 0 Å². The Kier molecular flexibility index (Phi) is 3.63. The van der Waals surface area contributed by atoms with Crippen LogP contribution in [0.2, 0.25) is 0 Å². The maximum atomic E-state index is 4.50. The lowest BCUT2D eigenvalue weighted by Crippen LogP contribution is -2.44. The average molecular weight is 262 g/mol. The Morgan fingerprint density at radius 1 is 1.21 bits per heavy atom. The highest BCUT2D eigenvalue weighted by Crippen LogP contribution is 2.27. The molecule has 0 saturated carbocycles. The summed E-state index contributed by atoms with van der Waals surface area (Å²) in [7, 11) is 2.03. The first kappa shape index (κ1) is 13.1. The lowest BCUT2D eigenvalue weighted by molar-refractivity contribution is 0.180. The van der Waals surface area contributed by atoms with Crippen LogP contribution in [-0.4, -0.2) is 39.9 Å². The smallest absolute Gasteiger partial charge is 0.0641 e. The fraction of sp³-hybridized carbons (Fsp3) is 0.800. The number of nitrogens with zero attached hydrogens (tertiary/aromatic N) is 3. The van der Waals surface area contributed by atoms with E-state index in [1.165, 1.54) is 55.7 Å². The quantitative estimate of drug-likeness (QED) is 0.901. The summed E-state index contributed by atoms with van der Waals surface area (Å²) in [4.78, 5) is 2.68. The fourth-order valence-corrected chi connectivity index (χ4v) is 3.79. The number of aromatic nitrogens is 2. The van der Waals surface area contributed by atoms with Crippen LogP contribution in [0.5, 0.6) is 0 Å². The van der Waals surface area contributed by atoms with Crippen molar-refractivity contribution in [2.75, 3.05) is 13.1 Å². The Morgan fingerprint density at radius 3 is 2.79 bits per heavy atom. The van der Waals surface area contributed by atoms with Crippen LogP contribution in [0.1, 0.15) is 42.6 Å². The van der Waals surface area contributed by atoms with Gasteiger partial charge in [0.05, 0.1) is 5.69 Å². The third-order valence-corrected chi connectivity index (χ3v) is 5.06. The van der Waals surface area contributed by atoms with E-state index in [0.717, 1.165) is 12.6 Å². The Balaban J connectivity index is 1.63. The van der Waals surface area contributed by atoms with Crippen molar-refractivity contribution in [1.82, 2.24) is 20.0 Å². The van der Waals surface area contributed by atoms with Gasteiger partial charge in [0.15, 0.2) is 0 Å². The Bertz CT molecular complexity index is 451. The Hall–Kier alpha value is -0.870. The van der Waals surface area contributed by atoms with Crippen LogP contribution in [0, 0.1) is 13.8 Å². The van der Waals surface area contributed by atoms with Gasteiger partial charge >= 0.3 is 0 Å². The number of piperidine rings is 1. The Labute approximate surface area is 116 Å². The number of fused-ring (bicyclic) bond motifs is 1. The third-order valence-electron chi connectivity index (χ3n) is 5.06. The zero-order chi connectivity index (χ0) is 13.4. The van der Waals surface area contributed by atoms with Crippen LogP contribution in [0.25, 0.3) is 0 Å². The first-order valence-electron chi connectivity index (χ1n) is 7.63. The van der Waals surface area contributed by atoms with Gasteiger partial charge < -0.3 is 5.32 Å². The minimum absolute atomic E-state index is 0.680. The van der Waals surface area contributed by atoms with Gasteiger partial charge in [-0.2, -0.15) is 5.10 Å². The molecule has 1 aromatic heterocycles. The number of rotatable bonds is 3. The molecule has 106 valence electrons. The molecule has 2 aliphatic rings. The van der Waals surface area contributed by atoms with Gasteiger partial charge in [0, 0.05) is 43.5 Å². The van der Waals surface area contributed by atoms with Crippen LogP contribution in [0.4, 0.5) is 0 Å². The minimum atomic E-state index is 0.680. The van der Waals surface area contributed by atoms with E-state index in [-0.39, 0.29) is 0 Å². The van der Waals surface area contributed by atoms with Crippen LogP contribution < -0.4 is 5.32 Å². The van der Waals surface area contributed by atoms with Crippen molar-refractivity contribution < 1.29 is 0 Å². The first-order valence-corrected chi connectivity index (χ1v) is 7.63. The van der Waals surface area contributed by atoms with Gasteiger partial charge in [-0.3, -0.25) is 9.58 Å². The van der Waals surface area contributed by atoms with E-state index >= 15 is 0 Å². The molecule has 3 rings (SSSR count). The summed E-state index contributed by atoms with van der Waals surface area (Å²) in [5.74, 6) is 0. The molecule has 2 atom stereocenters. The highest BCUT2D eigenvalue weighted by Gasteiger charge is 2.35. The summed E-state index contributed by atoms with van der Waals surface area (Å²) in [6, 6.07) is 1.46. The molecular weight excluding hydrogens is 236 g/mol. The van der Waals surface area contributed by atoms with Crippen molar-refractivity contribution in [3.8, 4) is 0 Å². The molecular formula is C15H26N4. The predicted molar refractivity (Wildman–Crippen MR) is 77.1 cm³/mol. The Morgan fingerprint density at radius 2 is 2.05 bits per heavy atom. The normalized spacial score (nSPS) is 27.7. The molecule has 2 unspecified atom stereocenters. The standard InChI is InChI=1S/C15H26N4/c1-11-13(12(2)18(3)17-11)10-16-14-7-9-19-8-5-4-6-15(14)19/h14-16H,4-10H2,1-3H3. The number of nitrogens with one attached hydrogen (secondary N) is 1. The van der Waals surface area contributed by atoms with Gasteiger partial charge in [-0.25, -0.2) is 0 Å². The van der Waals surface area contributed by atoms with Gasteiger partial charge in [0.2, 0.25) is 0 Å². The molecule has 0 amide bonds. The molecule has 2 fully saturated rings. The van der Waals surface area contributed by atoms with Crippen LogP contribution >= 0.6 is 0 Å². The van der Waals surface area contributed by atoms with Crippen LogP contribution in [-0.2, 0) is 13.6 Å². The van der Waals surface area contributed by atoms with Crippen molar-refractivity contribution in [3.63, 3.8) is 0 Å². The highest BCUT2D eigenvalue weighted by molar-refractivity contribution is 5.24. The summed E-state index contributed by atoms with van der Waals surface area (Å²) in [6.07, 6.45) is 5.49. The third kappa shape index (κ3) is 2.43. The zero-order valence-electron chi connectivity index (χ0n) is 12.4. The van der Waals surface area contributed by atoms with Gasteiger partial charge in [-0.15, -0.1) is 0 Å². The molecule has 0 spiro atoms. The van der Waals surface area contributed by atoms with Gasteiger partial charge in [0.25, 0.3) is 0 Å². The van der Waals surface area contributed by atoms with Gasteiger partial charge in [-0.1, -0.05) is 6.42 Å². The molecule has 1 N–H and O–H groups in total. The number of hydrogen-bond acceptors (Lipinski definition) is 3. The van der Waals surface area contributed by atoms with E-state index in [1.54, 1.807) is 0 Å². The summed E-state index contributed by atoms with van der Waals surface area (Å²) >= 11 is 0. The van der Waals surface area contributed by atoms with E-state index in [2.05, 4.69) is 29.2 Å². The van der Waals surface area contributed by atoms with Crippen molar-refractivity contribution >= 4 is 0 Å². The molecule has 2 aliphatic heterocycles. The molecule has 0 aliphatic carbocycles. The van der Waals surface area contributed by atoms with E-state index in [4.69, 9.17) is 0 Å². The van der Waals surface area contributed by atoms with Crippen LogP contribution in [0.3, 0.4) is 0 Å². The summed E-state index contributed by atoms with van der Waals surface area (Å²) < 4.78 is 1.99. The average Bonchev–Trinajstić information content (AvgIpc) is 2.91. The summed E-state index contributed by atoms with van der Waals surface area (Å²) in [5.41, 5.74) is 3.85. The minimum Gasteiger partial charge on any atom is -0.308 e. The van der Waals surface area contributed by atoms with Crippen molar-refractivity contribution in [1.29, 1.82) is 0 Å². The summed E-state index contributed by atoms with van der Waals surface area (Å²) in [6.45, 7) is 7.85. The summed E-state index contributed by atoms with van der Waals surface area (Å²) in [5, 5.41) is 8.30. The second-order valence-corrected chi connectivity index (χ2v) is 6.15. The lowest BCUT2D eigenvalue weighted by atomic mass is 9.99. The molecule has 0 radical (unpaired) electrons. The van der Waals surface area contributed by atoms with Gasteiger partial charge in [-0.05, 0) is 39.7 Å². The SMILES string of the molecule is Cc1nn(C)c(C)c1CNC1CCN2CCCCC12. The van der Waals surface area contributed by atoms with Gasteiger partial charge in [0.1, 0.15) is 0 Å². The topological polar surface area (TPSA) is 33.1 Å². The molecule has 3 heterocycles. The van der Waals surface area contributed by atoms with Crippen molar-refractivity contribution in [2.45, 2.75) is 58.2 Å². The molecule has 2 saturated heterocycles. The van der Waals surface area contributed by atoms with Crippen molar-refractivity contribution in [2.24, 2.45) is 7.05 Å². The number of aryl methyl sites for hydroxylation is 2. The fourth-order valence-electron chi connectivity index (χ4n) is 3.79. The maximum Gasteiger partial charge on any atom is 0.0641 e. The molecule has 0 aromatic carbocycles. The molecule has 0 bridgehead atoms. The highest BCUT2D eigenvalue weighted by atomic mass is 15.3. The predicted octanol–water partition coefficient (Wildman–Crippen LogP) is 1.75. The largest absolute Gasteiger partial charge is 0.308 e. The van der Waals surface area contributed by atoms with Crippen molar-refractivity contribution in [3.05, 3.63) is 17.0 Å². The molecule has 4 heteroatoms. The van der Waals surface area contributed by atoms with Crippen LogP contribution in [0.15, 0.2) is 0 Å². The second-order valence-electron chi connectivity index (χ2n) is 6.15. The molecule has 19 heavy (non-hydrogen) atoms. The van der Waals surface area contributed by atoms with E-state index in [9.17, 15) is 0 Å². The first-order chi connectivity index (χ1) is 9.16. The zero-order valence-corrected chi connectivity index (χ0v) is 12.4. The lowest BCUT2D eigenvalue weighted by Gasteiger charge is -2.32. The molecule has 1 aromatic rings. The van der Waals surface area contributed by atoms with E-state index in [1.807, 2.05) is 11.7 Å². The monoisotopic (exact) mass is 262 g/mol. The number of hydrogen-bond donors (Lipinski definition) is 1. The second kappa shape index (κ2) is 5.25. The van der Waals surface area contributed by atoms with E-state index in [0.29, 0.717) is 6.04 Å².